The van der Waals surface area contributed by atoms with Crippen LogP contribution in [0.25, 0.3) is 0 Å². The molecule has 0 saturated heterocycles. The molecule has 0 aliphatic heterocycles. The second kappa shape index (κ2) is 10.7. The monoisotopic (exact) mass is 368 g/mol. The molecule has 0 aromatic heterocycles. The van der Waals surface area contributed by atoms with Gasteiger partial charge in [0.2, 0.25) is 6.29 Å². The number of alkyl halides is 1. The number of hydrogen-bond donors (Lipinski definition) is 3. The maximum Gasteiger partial charge on any atom is 0.535 e. The summed E-state index contributed by atoms with van der Waals surface area (Å²) in [6, 6.07) is 0. The zero-order valence-electron chi connectivity index (χ0n) is 10.1. The van der Waals surface area contributed by atoms with E-state index in [2.05, 4.69) is 39.0 Å². The lowest BCUT2D eigenvalue weighted by Crippen LogP contribution is -2.24. The highest BCUT2D eigenvalue weighted by Gasteiger charge is 2.35. The lowest BCUT2D eigenvalue weighted by atomic mass is 10.7. The average molecular weight is 369 g/mol. The predicted octanol–water partition coefficient (Wildman–Crippen LogP) is 0.631. The summed E-state index contributed by atoms with van der Waals surface area (Å²) in [5.74, 6) is -2.78. The molecule has 0 aliphatic rings. The van der Waals surface area contributed by atoms with Gasteiger partial charge >= 0.3 is 19.8 Å². The second-order valence-corrected chi connectivity index (χ2v) is 5.45. The number of halogens is 1. The van der Waals surface area contributed by atoms with Crippen LogP contribution in [0.15, 0.2) is 0 Å². The van der Waals surface area contributed by atoms with Crippen LogP contribution in [0.4, 0.5) is 0 Å². The third-order valence-corrected chi connectivity index (χ3v) is 3.64. The van der Waals surface area contributed by atoms with Gasteiger partial charge in [0.1, 0.15) is 0 Å². The first-order valence-corrected chi connectivity index (χ1v) is 8.40. The van der Waals surface area contributed by atoms with E-state index in [1.807, 2.05) is 0 Å². The van der Waals surface area contributed by atoms with Crippen LogP contribution in [-0.2, 0) is 32.5 Å². The lowest BCUT2D eigenvalue weighted by Gasteiger charge is -2.21. The van der Waals surface area contributed by atoms with Crippen LogP contribution >= 0.6 is 44.7 Å². The average Bonchev–Trinajstić information content (AvgIpc) is 2.43. The number of esters is 1. The topological polar surface area (TPSA) is 108 Å². The van der Waals surface area contributed by atoms with Gasteiger partial charge in [-0.1, -0.05) is 0 Å². The third kappa shape index (κ3) is 8.35. The largest absolute Gasteiger partial charge is 0.535 e. The summed E-state index contributed by atoms with van der Waals surface area (Å²) in [6.07, 6.45) is -1.46. The molecule has 0 radical (unpaired) electrons. The Kier molecular flexibility index (Phi) is 10.7. The Morgan fingerprint density at radius 2 is 1.85 bits per heavy atom. The molecule has 1 N–H and O–H groups in total. The molecule has 0 rings (SSSR count). The summed E-state index contributed by atoms with van der Waals surface area (Å²) < 4.78 is 30.6. The van der Waals surface area contributed by atoms with Gasteiger partial charge in [-0.2, -0.15) is 25.3 Å². The highest BCUT2D eigenvalue weighted by molar-refractivity contribution is 7.81. The number of rotatable bonds is 10. The van der Waals surface area contributed by atoms with Crippen molar-refractivity contribution in [2.24, 2.45) is 0 Å². The van der Waals surface area contributed by atoms with Crippen molar-refractivity contribution in [2.45, 2.75) is 6.29 Å². The molecule has 0 heterocycles. The van der Waals surface area contributed by atoms with Crippen LogP contribution in [0.2, 0.25) is 0 Å². The molecule has 0 aromatic carbocycles. The molecule has 12 heteroatoms. The van der Waals surface area contributed by atoms with E-state index in [1.165, 1.54) is 0 Å². The molecule has 0 fully saturated rings. The first-order chi connectivity index (χ1) is 9.40. The van der Waals surface area contributed by atoms with Crippen molar-refractivity contribution in [2.75, 3.05) is 30.6 Å². The number of phosphoric ester groups is 1. The summed E-state index contributed by atoms with van der Waals surface area (Å²) in [5, 5.41) is 8.62. The van der Waals surface area contributed by atoms with E-state index >= 15 is 0 Å². The minimum absolute atomic E-state index is 0.255. The number of carbonyl (C=O) groups excluding carboxylic acids is 2. The van der Waals surface area contributed by atoms with Crippen molar-refractivity contribution in [3.63, 3.8) is 0 Å². The van der Waals surface area contributed by atoms with E-state index in [1.54, 1.807) is 0 Å². The van der Waals surface area contributed by atoms with Gasteiger partial charge in [-0.25, -0.2) is 9.09 Å². The Balaban J connectivity index is 4.78. The molecule has 0 bridgehead atoms. The fourth-order valence-electron chi connectivity index (χ4n) is 0.794. The molecule has 118 valence electrons. The van der Waals surface area contributed by atoms with Gasteiger partial charge in [0.05, 0.1) is 30.6 Å². The first-order valence-electron chi connectivity index (χ1n) is 5.14. The third-order valence-electron chi connectivity index (χ3n) is 1.45. The highest BCUT2D eigenvalue weighted by atomic mass is 35.5. The van der Waals surface area contributed by atoms with Gasteiger partial charge < -0.3 is 14.4 Å². The number of carbonyl (C=O) groups is 2. The fourth-order valence-corrected chi connectivity index (χ4v) is 2.43. The Hall–Kier alpha value is 0.0400. The van der Waals surface area contributed by atoms with Crippen LogP contribution in [0.3, 0.4) is 0 Å². The van der Waals surface area contributed by atoms with Crippen molar-refractivity contribution >= 4 is 56.6 Å². The van der Waals surface area contributed by atoms with Crippen LogP contribution in [-0.4, -0.2) is 53.9 Å². The molecule has 2 atom stereocenters. The molecule has 0 saturated carbocycles. The standard InChI is InChI=1S/C8H14ClO8PS2/c9-3-8(15-6(11)4-19)17-18(13,14-2-1-10)16-7(12)5-20/h8,10,19-20H,1-5H2. The second-order valence-electron chi connectivity index (χ2n) is 2.96. The van der Waals surface area contributed by atoms with E-state index in [9.17, 15) is 14.2 Å². The van der Waals surface area contributed by atoms with Gasteiger partial charge in [0.25, 0.3) is 0 Å². The summed E-state index contributed by atoms with van der Waals surface area (Å²) in [6.45, 7) is -0.916. The fraction of sp³-hybridized carbons (Fsp3) is 0.750. The predicted molar refractivity (Wildman–Crippen MR) is 76.1 cm³/mol. The number of hydrogen-bond acceptors (Lipinski definition) is 10. The van der Waals surface area contributed by atoms with E-state index in [0.717, 1.165) is 0 Å². The molecule has 0 amide bonds. The highest BCUT2D eigenvalue weighted by Crippen LogP contribution is 2.50. The summed E-state index contributed by atoms with van der Waals surface area (Å²) in [5.41, 5.74) is 0. The van der Waals surface area contributed by atoms with Gasteiger partial charge in [-0.3, -0.25) is 14.1 Å². The molecule has 2 unspecified atom stereocenters. The lowest BCUT2D eigenvalue weighted by molar-refractivity contribution is -0.160. The summed E-state index contributed by atoms with van der Waals surface area (Å²) >= 11 is 12.8. The SMILES string of the molecule is O=C(CS)OC(CCl)OP(=O)(OCCO)OC(=O)CS. The van der Waals surface area contributed by atoms with Crippen LogP contribution in [0, 0.1) is 0 Å². The summed E-state index contributed by atoms with van der Waals surface area (Å²) in [4.78, 5) is 22.1. The Labute approximate surface area is 131 Å². The van der Waals surface area contributed by atoms with Gasteiger partial charge in [-0.15, -0.1) is 11.6 Å². The normalized spacial score (nSPS) is 15.2. The Morgan fingerprint density at radius 1 is 1.25 bits per heavy atom. The van der Waals surface area contributed by atoms with Crippen molar-refractivity contribution < 1.29 is 37.6 Å². The molecule has 0 spiro atoms. The zero-order chi connectivity index (χ0) is 15.6. The van der Waals surface area contributed by atoms with Crippen molar-refractivity contribution in [3.05, 3.63) is 0 Å². The van der Waals surface area contributed by atoms with E-state index in [0.29, 0.717) is 0 Å². The molecular weight excluding hydrogens is 355 g/mol. The molecule has 0 aromatic rings. The zero-order valence-corrected chi connectivity index (χ0v) is 13.6. The smallest absolute Gasteiger partial charge is 0.433 e. The number of ether oxygens (including phenoxy) is 1. The minimum Gasteiger partial charge on any atom is -0.433 e. The number of aliphatic hydroxyl groups excluding tert-OH is 1. The van der Waals surface area contributed by atoms with Crippen LogP contribution in [0.1, 0.15) is 0 Å². The molecule has 0 aliphatic carbocycles. The van der Waals surface area contributed by atoms with Gasteiger partial charge in [-0.05, 0) is 0 Å². The van der Waals surface area contributed by atoms with Crippen molar-refractivity contribution in [3.8, 4) is 0 Å². The van der Waals surface area contributed by atoms with Crippen LogP contribution < -0.4 is 0 Å². The maximum atomic E-state index is 12.1. The van der Waals surface area contributed by atoms with Crippen molar-refractivity contribution in [1.29, 1.82) is 0 Å². The van der Waals surface area contributed by atoms with Crippen molar-refractivity contribution in [1.82, 2.24) is 0 Å². The van der Waals surface area contributed by atoms with Gasteiger partial charge in [0.15, 0.2) is 0 Å². The molecular formula is C8H14ClO8PS2. The van der Waals surface area contributed by atoms with E-state index in [-0.39, 0.29) is 17.4 Å². The maximum absolute atomic E-state index is 12.1. The number of thiol groups is 2. The first kappa shape index (κ1) is 20.0. The number of aliphatic hydroxyl groups is 1. The Bertz CT molecular complexity index is 368. The quantitative estimate of drug-likeness (QED) is 0.169. The van der Waals surface area contributed by atoms with E-state index in [4.69, 9.17) is 21.2 Å². The minimum atomic E-state index is -4.39. The molecule has 20 heavy (non-hydrogen) atoms. The van der Waals surface area contributed by atoms with E-state index < -0.39 is 39.3 Å². The Morgan fingerprint density at radius 3 is 2.30 bits per heavy atom. The van der Waals surface area contributed by atoms with Crippen LogP contribution in [0.5, 0.6) is 0 Å². The number of phosphoric acid groups is 1. The molecule has 8 nitrogen and oxygen atoms in total. The van der Waals surface area contributed by atoms with Gasteiger partial charge in [0, 0.05) is 0 Å². The summed E-state index contributed by atoms with van der Waals surface area (Å²) in [7, 11) is -4.39.